The van der Waals surface area contributed by atoms with Crippen LogP contribution in [0.3, 0.4) is 0 Å². The molecule has 0 N–H and O–H groups in total. The highest BCUT2D eigenvalue weighted by Crippen LogP contribution is 2.31. The lowest BCUT2D eigenvalue weighted by Gasteiger charge is -2.30. The van der Waals surface area contributed by atoms with Crippen LogP contribution in [0.5, 0.6) is 0 Å². The van der Waals surface area contributed by atoms with Crippen LogP contribution in [-0.4, -0.2) is 13.9 Å². The number of carbonyl (C=O) groups is 1. The summed E-state index contributed by atoms with van der Waals surface area (Å²) >= 11 is 0. The first-order chi connectivity index (χ1) is 9.89. The van der Waals surface area contributed by atoms with Gasteiger partial charge in [0.15, 0.2) is 5.78 Å². The minimum atomic E-state index is -1.38. The third-order valence-electron chi connectivity index (χ3n) is 4.07. The molecule has 2 aromatic carbocycles. The molecule has 1 atom stereocenters. The lowest BCUT2D eigenvalue weighted by molar-refractivity contribution is 0.101. The molecule has 21 heavy (non-hydrogen) atoms. The fraction of sp³-hybridized carbons (Fsp3) is 0.316. The van der Waals surface area contributed by atoms with Crippen molar-refractivity contribution >= 4 is 13.9 Å². The first-order valence-corrected chi connectivity index (χ1v) is 11.1. The van der Waals surface area contributed by atoms with E-state index in [2.05, 4.69) is 56.0 Å². The van der Waals surface area contributed by atoms with Gasteiger partial charge in [0.1, 0.15) is 0 Å². The Morgan fingerprint density at radius 2 is 1.52 bits per heavy atom. The third-order valence-corrected chi connectivity index (χ3v) is 6.70. The summed E-state index contributed by atoms with van der Waals surface area (Å²) in [5, 5.41) is 0. The van der Waals surface area contributed by atoms with E-state index in [9.17, 15) is 4.79 Å². The second-order valence-electron chi connectivity index (χ2n) is 6.75. The van der Waals surface area contributed by atoms with Crippen molar-refractivity contribution in [3.05, 3.63) is 71.3 Å². The second-order valence-corrected chi connectivity index (χ2v) is 12.2. The molecule has 0 spiro atoms. The number of carbonyl (C=O) groups excluding carboxylic acids is 1. The minimum absolute atomic E-state index is 0.160. The summed E-state index contributed by atoms with van der Waals surface area (Å²) in [6, 6.07) is 18.8. The van der Waals surface area contributed by atoms with Crippen molar-refractivity contribution in [2.24, 2.45) is 0 Å². The summed E-state index contributed by atoms with van der Waals surface area (Å²) in [6.07, 6.45) is 0.954. The monoisotopic (exact) mass is 296 g/mol. The van der Waals surface area contributed by atoms with E-state index in [4.69, 9.17) is 0 Å². The summed E-state index contributed by atoms with van der Waals surface area (Å²) in [4.78, 5) is 11.8. The maximum atomic E-state index is 11.8. The summed E-state index contributed by atoms with van der Waals surface area (Å²) in [7, 11) is -1.38. The van der Waals surface area contributed by atoms with Gasteiger partial charge in [-0.2, -0.15) is 0 Å². The van der Waals surface area contributed by atoms with E-state index in [1.165, 1.54) is 11.1 Å². The largest absolute Gasteiger partial charge is 0.295 e. The van der Waals surface area contributed by atoms with Crippen molar-refractivity contribution in [1.29, 1.82) is 0 Å². The van der Waals surface area contributed by atoms with Gasteiger partial charge in [-0.25, -0.2) is 0 Å². The fourth-order valence-corrected chi connectivity index (χ4v) is 4.90. The van der Waals surface area contributed by atoms with Crippen LogP contribution in [0.15, 0.2) is 54.6 Å². The lowest BCUT2D eigenvalue weighted by Crippen LogP contribution is -2.32. The Morgan fingerprint density at radius 1 is 0.952 bits per heavy atom. The molecule has 2 aromatic rings. The smallest absolute Gasteiger partial charge is 0.160 e. The molecule has 0 saturated heterocycles. The number of rotatable bonds is 5. The highest BCUT2D eigenvalue weighted by atomic mass is 28.3. The van der Waals surface area contributed by atoms with Gasteiger partial charge in [0.2, 0.25) is 0 Å². The van der Waals surface area contributed by atoms with Crippen molar-refractivity contribution in [3.8, 4) is 0 Å². The van der Waals surface area contributed by atoms with Crippen LogP contribution >= 0.6 is 0 Å². The van der Waals surface area contributed by atoms with Crippen LogP contribution in [0.4, 0.5) is 0 Å². The van der Waals surface area contributed by atoms with Gasteiger partial charge in [-0.15, -0.1) is 0 Å². The minimum Gasteiger partial charge on any atom is -0.295 e. The number of hydrogen-bond donors (Lipinski definition) is 0. The molecule has 110 valence electrons. The van der Waals surface area contributed by atoms with E-state index in [1.54, 1.807) is 6.92 Å². The average Bonchev–Trinajstić information content (AvgIpc) is 2.44. The van der Waals surface area contributed by atoms with E-state index in [0.29, 0.717) is 5.54 Å². The maximum Gasteiger partial charge on any atom is 0.160 e. The van der Waals surface area contributed by atoms with E-state index in [0.717, 1.165) is 12.0 Å². The highest BCUT2D eigenvalue weighted by molar-refractivity contribution is 6.77. The number of ketones is 1. The molecule has 0 amide bonds. The van der Waals surface area contributed by atoms with E-state index >= 15 is 0 Å². The Bertz CT molecular complexity index is 611. The van der Waals surface area contributed by atoms with Gasteiger partial charge in [-0.05, 0) is 30.0 Å². The standard InChI is InChI=1S/C19H24OSi/c1-15(20)18-13-9-8-12-17(18)14-19(21(2,3)4)16-10-6-5-7-11-16/h5-13,19H,14H2,1-4H3. The molecule has 0 aliphatic rings. The van der Waals surface area contributed by atoms with E-state index in [-0.39, 0.29) is 5.78 Å². The molecule has 0 radical (unpaired) electrons. The second kappa shape index (κ2) is 6.40. The van der Waals surface area contributed by atoms with E-state index < -0.39 is 8.07 Å². The van der Waals surface area contributed by atoms with Crippen LogP contribution in [0.1, 0.15) is 33.9 Å². The zero-order valence-electron chi connectivity index (χ0n) is 13.4. The van der Waals surface area contributed by atoms with Gasteiger partial charge < -0.3 is 0 Å². The molecule has 0 fully saturated rings. The van der Waals surface area contributed by atoms with Gasteiger partial charge in [0, 0.05) is 5.56 Å². The summed E-state index contributed by atoms with van der Waals surface area (Å²) in [6.45, 7) is 8.87. The molecular formula is C19H24OSi. The fourth-order valence-electron chi connectivity index (χ4n) is 2.87. The molecule has 0 bridgehead atoms. The van der Waals surface area contributed by atoms with Crippen molar-refractivity contribution in [2.45, 2.75) is 38.5 Å². The molecule has 0 aliphatic heterocycles. The normalized spacial score (nSPS) is 13.0. The van der Waals surface area contributed by atoms with Crippen molar-refractivity contribution < 1.29 is 4.79 Å². The number of benzene rings is 2. The van der Waals surface area contributed by atoms with Crippen LogP contribution in [0.25, 0.3) is 0 Å². The van der Waals surface area contributed by atoms with Crippen molar-refractivity contribution in [2.75, 3.05) is 0 Å². The molecule has 2 heteroatoms. The summed E-state index contributed by atoms with van der Waals surface area (Å²) < 4.78 is 0. The van der Waals surface area contributed by atoms with Crippen LogP contribution in [0.2, 0.25) is 19.6 Å². The Labute approximate surface area is 129 Å². The SMILES string of the molecule is CC(=O)c1ccccc1CC(c1ccccc1)[Si](C)(C)C. The molecule has 0 aliphatic carbocycles. The Morgan fingerprint density at radius 3 is 2.10 bits per heavy atom. The molecular weight excluding hydrogens is 272 g/mol. The number of Topliss-reactive ketones (excluding diaryl/α,β-unsaturated/α-hetero) is 1. The molecule has 0 heterocycles. The first kappa shape index (κ1) is 15.7. The van der Waals surface area contributed by atoms with Gasteiger partial charge in [-0.3, -0.25) is 4.79 Å². The zero-order chi connectivity index (χ0) is 15.5. The lowest BCUT2D eigenvalue weighted by atomic mass is 9.97. The predicted molar refractivity (Wildman–Crippen MR) is 92.7 cm³/mol. The first-order valence-electron chi connectivity index (χ1n) is 7.53. The van der Waals surface area contributed by atoms with Gasteiger partial charge in [0.25, 0.3) is 0 Å². The molecule has 0 saturated carbocycles. The molecule has 1 unspecified atom stereocenters. The number of hydrogen-bond acceptors (Lipinski definition) is 1. The zero-order valence-corrected chi connectivity index (χ0v) is 14.4. The topological polar surface area (TPSA) is 17.1 Å². The van der Waals surface area contributed by atoms with Crippen LogP contribution in [-0.2, 0) is 6.42 Å². The third kappa shape index (κ3) is 3.91. The molecule has 0 aromatic heterocycles. The van der Waals surface area contributed by atoms with Crippen molar-refractivity contribution in [1.82, 2.24) is 0 Å². The van der Waals surface area contributed by atoms with Gasteiger partial charge in [0.05, 0.1) is 8.07 Å². The predicted octanol–water partition coefficient (Wildman–Crippen LogP) is 5.09. The molecule has 1 nitrogen and oxygen atoms in total. The summed E-state index contributed by atoms with van der Waals surface area (Å²) in [5.74, 6) is 0.160. The quantitative estimate of drug-likeness (QED) is 0.554. The average molecular weight is 296 g/mol. The summed E-state index contributed by atoms with van der Waals surface area (Å²) in [5.41, 5.74) is 3.98. The Hall–Kier alpha value is -1.67. The Balaban J connectivity index is 2.40. The van der Waals surface area contributed by atoms with Crippen LogP contribution in [0, 0.1) is 0 Å². The van der Waals surface area contributed by atoms with Gasteiger partial charge in [-0.1, -0.05) is 74.2 Å². The highest BCUT2D eigenvalue weighted by Gasteiger charge is 2.29. The maximum absolute atomic E-state index is 11.8. The Kier molecular flexibility index (Phi) is 4.79. The van der Waals surface area contributed by atoms with Gasteiger partial charge >= 0.3 is 0 Å². The molecule has 2 rings (SSSR count). The van der Waals surface area contributed by atoms with Crippen LogP contribution < -0.4 is 0 Å². The van der Waals surface area contributed by atoms with E-state index in [1.807, 2.05) is 18.2 Å². The van der Waals surface area contributed by atoms with Crippen molar-refractivity contribution in [3.63, 3.8) is 0 Å².